The number of pyridine rings is 1. The monoisotopic (exact) mass is 303 g/mol. The molecule has 2 rings (SSSR count). The molecule has 0 aliphatic carbocycles. The fourth-order valence-corrected chi connectivity index (χ4v) is 2.47. The molecular weight excluding hydrogens is 286 g/mol. The molecule has 0 bridgehead atoms. The molecule has 0 spiro atoms. The molecule has 0 unspecified atom stereocenters. The number of carbonyl (C=O) groups excluding carboxylic acids is 1. The van der Waals surface area contributed by atoms with Crippen LogP contribution in [0.5, 0.6) is 0 Å². The van der Waals surface area contributed by atoms with E-state index in [0.717, 1.165) is 17.7 Å². The van der Waals surface area contributed by atoms with Crippen LogP contribution in [0, 0.1) is 13.8 Å². The van der Waals surface area contributed by atoms with E-state index in [9.17, 15) is 9.59 Å². The first-order chi connectivity index (χ1) is 9.95. The average Bonchev–Trinajstić information content (AvgIpc) is 2.44. The lowest BCUT2D eigenvalue weighted by atomic mass is 10.0. The van der Waals surface area contributed by atoms with E-state index in [0.29, 0.717) is 6.54 Å². The van der Waals surface area contributed by atoms with Gasteiger partial charge in [0.25, 0.3) is 10.8 Å². The normalized spacial score (nSPS) is 10.7. The van der Waals surface area contributed by atoms with Crippen LogP contribution in [-0.4, -0.2) is 9.81 Å². The molecular formula is C17H18ClNO2. The first-order valence-electron chi connectivity index (χ1n) is 6.97. The maximum Gasteiger partial charge on any atom is 0.263 e. The van der Waals surface area contributed by atoms with Crippen LogP contribution < -0.4 is 5.56 Å². The summed E-state index contributed by atoms with van der Waals surface area (Å²) in [5.74, 6) is 0. The van der Waals surface area contributed by atoms with Gasteiger partial charge in [-0.05, 0) is 66.8 Å². The van der Waals surface area contributed by atoms with Gasteiger partial charge >= 0.3 is 0 Å². The number of carbonyl (C=O) groups is 1. The molecule has 0 aliphatic rings. The van der Waals surface area contributed by atoms with E-state index < -0.39 is 5.24 Å². The number of halogens is 1. The van der Waals surface area contributed by atoms with Crippen LogP contribution >= 0.6 is 11.6 Å². The summed E-state index contributed by atoms with van der Waals surface area (Å²) in [6, 6.07) is 9.38. The Kier molecular flexibility index (Phi) is 4.63. The van der Waals surface area contributed by atoms with E-state index in [4.69, 9.17) is 11.6 Å². The van der Waals surface area contributed by atoms with Gasteiger partial charge in [-0.15, -0.1) is 0 Å². The largest absolute Gasteiger partial charge is 0.308 e. The van der Waals surface area contributed by atoms with E-state index >= 15 is 0 Å². The molecule has 0 amide bonds. The van der Waals surface area contributed by atoms with E-state index in [1.54, 1.807) is 10.6 Å². The van der Waals surface area contributed by atoms with Crippen LogP contribution in [0.25, 0.3) is 11.3 Å². The summed E-state index contributed by atoms with van der Waals surface area (Å²) < 4.78 is 1.62. The second-order valence-electron chi connectivity index (χ2n) is 5.16. The van der Waals surface area contributed by atoms with Crippen molar-refractivity contribution in [2.75, 3.05) is 0 Å². The highest BCUT2D eigenvalue weighted by molar-refractivity contribution is 6.67. The third-order valence-corrected chi connectivity index (χ3v) is 3.84. The standard InChI is InChI=1S/C17H18ClNO2/c1-4-9-19-15(8-7-14(16(18)20)17(19)21)13-6-5-11(2)12(3)10-13/h5-8,10H,4,9H2,1-3H3. The summed E-state index contributed by atoms with van der Waals surface area (Å²) >= 11 is 5.47. The maximum absolute atomic E-state index is 12.4. The van der Waals surface area contributed by atoms with E-state index in [1.165, 1.54) is 17.2 Å². The number of nitrogens with zero attached hydrogens (tertiary/aromatic N) is 1. The molecule has 0 N–H and O–H groups in total. The van der Waals surface area contributed by atoms with Gasteiger partial charge in [0.05, 0.1) is 11.3 Å². The highest BCUT2D eigenvalue weighted by Gasteiger charge is 2.14. The lowest BCUT2D eigenvalue weighted by Crippen LogP contribution is -2.26. The molecule has 4 heteroatoms. The molecule has 0 aliphatic heterocycles. The van der Waals surface area contributed by atoms with Gasteiger partial charge in [0, 0.05) is 6.54 Å². The molecule has 1 aromatic carbocycles. The summed E-state index contributed by atoms with van der Waals surface area (Å²) in [6.07, 6.45) is 0.803. The topological polar surface area (TPSA) is 39.1 Å². The molecule has 2 aromatic rings. The van der Waals surface area contributed by atoms with Crippen molar-refractivity contribution in [2.24, 2.45) is 0 Å². The van der Waals surface area contributed by atoms with Crippen molar-refractivity contribution in [1.82, 2.24) is 4.57 Å². The Morgan fingerprint density at radius 1 is 1.14 bits per heavy atom. The van der Waals surface area contributed by atoms with Crippen LogP contribution in [0.15, 0.2) is 35.1 Å². The van der Waals surface area contributed by atoms with Gasteiger partial charge in [-0.2, -0.15) is 0 Å². The van der Waals surface area contributed by atoms with Crippen molar-refractivity contribution in [1.29, 1.82) is 0 Å². The summed E-state index contributed by atoms with van der Waals surface area (Å²) in [4.78, 5) is 23.7. The summed E-state index contributed by atoms with van der Waals surface area (Å²) in [5, 5.41) is -0.712. The van der Waals surface area contributed by atoms with Gasteiger partial charge in [-0.25, -0.2) is 0 Å². The average molecular weight is 304 g/mol. The Balaban J connectivity index is 2.68. The zero-order chi connectivity index (χ0) is 15.6. The van der Waals surface area contributed by atoms with Gasteiger partial charge in [0.1, 0.15) is 0 Å². The zero-order valence-electron chi connectivity index (χ0n) is 12.4. The molecule has 1 aromatic heterocycles. The van der Waals surface area contributed by atoms with Gasteiger partial charge in [0.2, 0.25) is 0 Å². The van der Waals surface area contributed by atoms with E-state index in [1.807, 2.05) is 32.9 Å². The molecule has 3 nitrogen and oxygen atoms in total. The number of benzene rings is 1. The SMILES string of the molecule is CCCn1c(-c2ccc(C)c(C)c2)ccc(C(=O)Cl)c1=O. The summed E-state index contributed by atoms with van der Waals surface area (Å²) in [7, 11) is 0. The molecule has 0 saturated carbocycles. The zero-order valence-corrected chi connectivity index (χ0v) is 13.2. The fraction of sp³-hybridized carbons (Fsp3) is 0.294. The minimum Gasteiger partial charge on any atom is -0.308 e. The summed E-state index contributed by atoms with van der Waals surface area (Å²) in [6.45, 7) is 6.64. The number of aromatic nitrogens is 1. The minimum absolute atomic E-state index is 0.0256. The van der Waals surface area contributed by atoms with Crippen molar-refractivity contribution in [2.45, 2.75) is 33.7 Å². The van der Waals surface area contributed by atoms with Crippen LogP contribution in [0.1, 0.15) is 34.8 Å². The molecule has 0 saturated heterocycles. The van der Waals surface area contributed by atoms with Crippen molar-refractivity contribution in [3.63, 3.8) is 0 Å². The summed E-state index contributed by atoms with van der Waals surface area (Å²) in [5.41, 5.74) is 3.85. The third kappa shape index (κ3) is 3.08. The van der Waals surface area contributed by atoms with Crippen LogP contribution in [0.2, 0.25) is 0 Å². The van der Waals surface area contributed by atoms with Gasteiger partial charge in [0.15, 0.2) is 0 Å². The third-order valence-electron chi connectivity index (χ3n) is 3.64. The van der Waals surface area contributed by atoms with Gasteiger partial charge in [-0.1, -0.05) is 19.1 Å². The first kappa shape index (κ1) is 15.5. The van der Waals surface area contributed by atoms with Gasteiger partial charge in [-0.3, -0.25) is 9.59 Å². The predicted molar refractivity (Wildman–Crippen MR) is 86.1 cm³/mol. The predicted octanol–water partition coefficient (Wildman–Crippen LogP) is 3.92. The second kappa shape index (κ2) is 6.27. The fourth-order valence-electron chi connectivity index (χ4n) is 2.33. The van der Waals surface area contributed by atoms with Crippen LogP contribution in [-0.2, 0) is 6.54 Å². The smallest absolute Gasteiger partial charge is 0.263 e. The van der Waals surface area contributed by atoms with Crippen LogP contribution in [0.3, 0.4) is 0 Å². The highest BCUT2D eigenvalue weighted by Crippen LogP contribution is 2.22. The second-order valence-corrected chi connectivity index (χ2v) is 5.51. The molecule has 21 heavy (non-hydrogen) atoms. The molecule has 0 atom stereocenters. The molecule has 110 valence electrons. The highest BCUT2D eigenvalue weighted by atomic mass is 35.5. The maximum atomic E-state index is 12.4. The Morgan fingerprint density at radius 3 is 2.43 bits per heavy atom. The van der Waals surface area contributed by atoms with E-state index in [2.05, 4.69) is 6.07 Å². The molecule has 1 heterocycles. The Morgan fingerprint density at radius 2 is 1.86 bits per heavy atom. The number of hydrogen-bond acceptors (Lipinski definition) is 2. The minimum atomic E-state index is -0.712. The Hall–Kier alpha value is -1.87. The van der Waals surface area contributed by atoms with Crippen molar-refractivity contribution in [3.05, 3.63) is 57.4 Å². The number of rotatable bonds is 4. The van der Waals surface area contributed by atoms with Crippen molar-refractivity contribution in [3.8, 4) is 11.3 Å². The lowest BCUT2D eigenvalue weighted by molar-refractivity contribution is 0.107. The Labute approximate surface area is 129 Å². The first-order valence-corrected chi connectivity index (χ1v) is 7.34. The van der Waals surface area contributed by atoms with Crippen LogP contribution in [0.4, 0.5) is 0 Å². The van der Waals surface area contributed by atoms with E-state index in [-0.39, 0.29) is 11.1 Å². The lowest BCUT2D eigenvalue weighted by Gasteiger charge is -2.14. The molecule has 0 fully saturated rings. The van der Waals surface area contributed by atoms with Crippen molar-refractivity contribution >= 4 is 16.8 Å². The van der Waals surface area contributed by atoms with Crippen molar-refractivity contribution < 1.29 is 4.79 Å². The number of aryl methyl sites for hydroxylation is 2. The quantitative estimate of drug-likeness (QED) is 0.803. The molecule has 0 radical (unpaired) electrons. The van der Waals surface area contributed by atoms with Gasteiger partial charge < -0.3 is 4.57 Å². The Bertz CT molecular complexity index is 747. The number of hydrogen-bond donors (Lipinski definition) is 0.